The summed E-state index contributed by atoms with van der Waals surface area (Å²) in [5.41, 5.74) is 1.04. The fraction of sp³-hybridized carbons (Fsp3) is 0.710. The van der Waals surface area contributed by atoms with Crippen molar-refractivity contribution in [3.05, 3.63) is 36.0 Å². The monoisotopic (exact) mass is 560 g/mol. The molecule has 0 aliphatic carbocycles. The summed E-state index contributed by atoms with van der Waals surface area (Å²) in [5, 5.41) is 6.01. The van der Waals surface area contributed by atoms with E-state index in [1.807, 2.05) is 13.8 Å². The molecule has 40 heavy (non-hydrogen) atoms. The molecule has 3 aliphatic rings. The summed E-state index contributed by atoms with van der Waals surface area (Å²) in [6.45, 7) is 12.5. The summed E-state index contributed by atoms with van der Waals surface area (Å²) in [4.78, 5) is 35.3. The van der Waals surface area contributed by atoms with Gasteiger partial charge in [-0.25, -0.2) is 0 Å². The van der Waals surface area contributed by atoms with Crippen LogP contribution in [0.25, 0.3) is 0 Å². The summed E-state index contributed by atoms with van der Waals surface area (Å²) in [6, 6.07) is -0.0856. The molecule has 3 saturated heterocycles. The van der Waals surface area contributed by atoms with Gasteiger partial charge in [-0.2, -0.15) is 0 Å². The van der Waals surface area contributed by atoms with E-state index in [0.717, 1.165) is 44.3 Å². The van der Waals surface area contributed by atoms with Gasteiger partial charge in [0, 0.05) is 38.8 Å². The molecule has 9 heteroatoms. The van der Waals surface area contributed by atoms with Gasteiger partial charge >= 0.3 is 5.97 Å². The molecule has 1 unspecified atom stereocenters. The maximum Gasteiger partial charge on any atom is 0.303 e. The lowest BCUT2D eigenvalue weighted by Gasteiger charge is -2.39. The first-order valence-electron chi connectivity index (χ1n) is 14.7. The van der Waals surface area contributed by atoms with Crippen LogP contribution in [-0.2, 0) is 33.3 Å². The number of allylic oxidation sites excluding steroid dienone is 2. The second-order valence-corrected chi connectivity index (χ2v) is 11.7. The number of carbonyl (C=O) groups is 3. The van der Waals surface area contributed by atoms with E-state index in [1.165, 1.54) is 13.0 Å². The van der Waals surface area contributed by atoms with Crippen LogP contribution >= 0.6 is 0 Å². The van der Waals surface area contributed by atoms with E-state index in [0.29, 0.717) is 13.0 Å². The molecule has 2 amide bonds. The smallest absolute Gasteiger partial charge is 0.303 e. The normalized spacial score (nSPS) is 33.2. The molecule has 9 nitrogen and oxygen atoms in total. The Morgan fingerprint density at radius 1 is 1.12 bits per heavy atom. The van der Waals surface area contributed by atoms with Gasteiger partial charge in [0.15, 0.2) is 0 Å². The molecule has 0 aromatic heterocycles. The van der Waals surface area contributed by atoms with Gasteiger partial charge in [-0.3, -0.25) is 14.4 Å². The van der Waals surface area contributed by atoms with Crippen LogP contribution < -0.4 is 10.6 Å². The highest BCUT2D eigenvalue weighted by atomic mass is 16.6. The van der Waals surface area contributed by atoms with E-state index in [9.17, 15) is 14.4 Å². The number of carbonyl (C=O) groups excluding carboxylic acids is 3. The van der Waals surface area contributed by atoms with Crippen molar-refractivity contribution >= 4 is 17.8 Å². The predicted octanol–water partition coefficient (Wildman–Crippen LogP) is 3.92. The second kappa shape index (κ2) is 14.9. The lowest BCUT2D eigenvalue weighted by molar-refractivity contribution is -0.143. The molecule has 0 saturated carbocycles. The van der Waals surface area contributed by atoms with Gasteiger partial charge in [0.2, 0.25) is 11.8 Å². The third-order valence-electron chi connectivity index (χ3n) is 7.76. The number of rotatable bonds is 12. The highest BCUT2D eigenvalue weighted by Crippen LogP contribution is 2.42. The molecule has 0 radical (unpaired) electrons. The van der Waals surface area contributed by atoms with E-state index in [-0.39, 0.29) is 59.8 Å². The van der Waals surface area contributed by atoms with E-state index in [4.69, 9.17) is 18.9 Å². The van der Waals surface area contributed by atoms with E-state index in [1.54, 1.807) is 13.0 Å². The average Bonchev–Trinajstić information content (AvgIpc) is 3.63. The Morgan fingerprint density at radius 3 is 2.55 bits per heavy atom. The Bertz CT molecular complexity index is 971. The highest BCUT2D eigenvalue weighted by Gasteiger charge is 2.51. The van der Waals surface area contributed by atoms with E-state index >= 15 is 0 Å². The van der Waals surface area contributed by atoms with E-state index in [2.05, 4.69) is 42.7 Å². The van der Waals surface area contributed by atoms with Crippen molar-refractivity contribution in [1.82, 2.24) is 10.6 Å². The summed E-state index contributed by atoms with van der Waals surface area (Å²) in [5.74, 6) is -0.262. The van der Waals surface area contributed by atoms with Crippen LogP contribution in [0, 0.1) is 5.92 Å². The van der Waals surface area contributed by atoms with E-state index < -0.39 is 6.10 Å². The second-order valence-electron chi connectivity index (χ2n) is 11.7. The topological polar surface area (TPSA) is 115 Å². The molecule has 2 N–H and O–H groups in total. The number of hydrogen-bond acceptors (Lipinski definition) is 7. The summed E-state index contributed by atoms with van der Waals surface area (Å²) >= 11 is 0. The number of amides is 2. The van der Waals surface area contributed by atoms with Gasteiger partial charge in [0.05, 0.1) is 42.7 Å². The number of ether oxygens (including phenoxy) is 4. The number of nitrogens with one attached hydrogen (secondary N) is 2. The first kappa shape index (κ1) is 32.0. The van der Waals surface area contributed by atoms with Gasteiger partial charge in [-0.1, -0.05) is 37.6 Å². The Morgan fingerprint density at radius 2 is 1.88 bits per heavy atom. The highest BCUT2D eigenvalue weighted by molar-refractivity contribution is 5.87. The number of hydrogen-bond donors (Lipinski definition) is 2. The van der Waals surface area contributed by atoms with Crippen LogP contribution in [0.1, 0.15) is 80.1 Å². The van der Waals surface area contributed by atoms with Gasteiger partial charge in [0.25, 0.3) is 0 Å². The average molecular weight is 561 g/mol. The van der Waals surface area contributed by atoms with Crippen molar-refractivity contribution in [2.45, 2.75) is 122 Å². The Hall–Kier alpha value is -2.49. The molecular weight excluding hydrogens is 512 g/mol. The summed E-state index contributed by atoms with van der Waals surface area (Å²) in [6.07, 6.45) is 13.4. The van der Waals surface area contributed by atoms with Crippen LogP contribution in [0.15, 0.2) is 36.0 Å². The summed E-state index contributed by atoms with van der Waals surface area (Å²) < 4.78 is 23.3. The zero-order valence-electron chi connectivity index (χ0n) is 24.9. The fourth-order valence-corrected chi connectivity index (χ4v) is 5.42. The molecule has 3 aliphatic heterocycles. The van der Waals surface area contributed by atoms with Crippen molar-refractivity contribution in [3.8, 4) is 0 Å². The van der Waals surface area contributed by atoms with Gasteiger partial charge in [-0.05, 0) is 52.0 Å². The van der Waals surface area contributed by atoms with Crippen LogP contribution in [-0.4, -0.2) is 73.1 Å². The standard InChI is InChI=1S/C31H48N2O7/c1-7-8-29(35)32-18-26-17-31(19-37-31)16-25(40-26)12-9-20(2)10-13-28-21(3)15-27(23(5)39-28)33-30(36)14-11-22(4)38-24(6)34/h9-12,14,21-23,25-28H,7-8,13,15-19H2,1-6H3,(H,32,35)(H,33,36)/b12-9+,14-11-,20-10+/t21-,22-,23+,25+,26?,27+,28-,31+/m0/s1. The zero-order valence-corrected chi connectivity index (χ0v) is 24.9. The fourth-order valence-electron chi connectivity index (χ4n) is 5.42. The van der Waals surface area contributed by atoms with Gasteiger partial charge in [-0.15, -0.1) is 0 Å². The third-order valence-corrected chi connectivity index (χ3v) is 7.76. The third kappa shape index (κ3) is 10.5. The van der Waals surface area contributed by atoms with Crippen LogP contribution in [0.3, 0.4) is 0 Å². The molecule has 224 valence electrons. The van der Waals surface area contributed by atoms with Crippen LogP contribution in [0.5, 0.6) is 0 Å². The Kier molecular flexibility index (Phi) is 12.0. The minimum atomic E-state index is -0.455. The Labute approximate surface area is 239 Å². The lowest BCUT2D eigenvalue weighted by atomic mass is 9.88. The molecule has 3 heterocycles. The predicted molar refractivity (Wildman–Crippen MR) is 152 cm³/mol. The quantitative estimate of drug-likeness (QED) is 0.161. The molecule has 0 aromatic carbocycles. The minimum Gasteiger partial charge on any atom is -0.459 e. The maximum atomic E-state index is 12.4. The molecule has 1 spiro atoms. The lowest BCUT2D eigenvalue weighted by Crippen LogP contribution is -2.50. The molecular formula is C31H48N2O7. The molecule has 8 atom stereocenters. The van der Waals surface area contributed by atoms with Crippen molar-refractivity contribution in [2.24, 2.45) is 5.92 Å². The molecule has 3 rings (SSSR count). The number of esters is 1. The first-order valence-corrected chi connectivity index (χ1v) is 14.7. The van der Waals surface area contributed by atoms with Gasteiger partial charge < -0.3 is 29.6 Å². The first-order chi connectivity index (χ1) is 19.0. The maximum absolute atomic E-state index is 12.4. The Balaban J connectivity index is 1.45. The van der Waals surface area contributed by atoms with Crippen molar-refractivity contribution in [1.29, 1.82) is 0 Å². The van der Waals surface area contributed by atoms with Crippen molar-refractivity contribution in [3.63, 3.8) is 0 Å². The molecule has 0 bridgehead atoms. The largest absolute Gasteiger partial charge is 0.459 e. The molecule has 0 aromatic rings. The van der Waals surface area contributed by atoms with Crippen LogP contribution in [0.4, 0.5) is 0 Å². The SMILES string of the molecule is CCCC(=O)NCC1C[C@@]2(CO2)C[C@@H](/C=C/C(C)=C/C[C@@H]2O[C@H](C)[C@H](NC(=O)/C=C\[C@H](C)OC(C)=O)C[C@@H]2C)O1. The van der Waals surface area contributed by atoms with Crippen molar-refractivity contribution in [2.75, 3.05) is 13.2 Å². The minimum absolute atomic E-state index is 0.0461. The zero-order chi connectivity index (χ0) is 29.3. The van der Waals surface area contributed by atoms with Crippen LogP contribution in [0.2, 0.25) is 0 Å². The summed E-state index contributed by atoms with van der Waals surface area (Å²) in [7, 11) is 0. The van der Waals surface area contributed by atoms with Crippen molar-refractivity contribution < 1.29 is 33.3 Å². The molecule has 3 fully saturated rings. The number of epoxide rings is 1. The van der Waals surface area contributed by atoms with Gasteiger partial charge in [0.1, 0.15) is 6.10 Å².